The number of alkyl halides is 3. The Hall–Kier alpha value is -3.46. The second-order valence-corrected chi connectivity index (χ2v) is 13.2. The molecule has 1 aromatic rings. The summed E-state index contributed by atoms with van der Waals surface area (Å²) in [6, 6.07) is -1.06. The molecule has 4 rings (SSSR count). The van der Waals surface area contributed by atoms with Crippen molar-refractivity contribution in [3.05, 3.63) is 45.2 Å². The average Bonchev–Trinajstić information content (AvgIpc) is 2.84. The summed E-state index contributed by atoms with van der Waals surface area (Å²) in [5.74, 6) is -9.30. The number of aromatic hydroxyl groups is 1. The number of aliphatic hydroxyl groups excluding tert-OH is 3. The minimum absolute atomic E-state index is 0.320. The molecule has 7 N–H and O–H groups in total. The number of fused-ring (bicyclic) bond motifs is 3. The van der Waals surface area contributed by atoms with Gasteiger partial charge in [0.2, 0.25) is 5.78 Å². The van der Waals surface area contributed by atoms with Crippen LogP contribution in [-0.2, 0) is 33.5 Å². The first kappa shape index (κ1) is 33.4. The number of phenolic OH excluding ortho intramolecular Hbond substituents is 1. The third kappa shape index (κ3) is 4.97. The Morgan fingerprint density at radius 3 is 2.20 bits per heavy atom. The van der Waals surface area contributed by atoms with Gasteiger partial charge in [0, 0.05) is 24.1 Å². The van der Waals surface area contributed by atoms with E-state index in [4.69, 9.17) is 5.73 Å². The molecule has 0 spiro atoms. The van der Waals surface area contributed by atoms with Crippen molar-refractivity contribution < 1.29 is 53.1 Å². The van der Waals surface area contributed by atoms with Gasteiger partial charge in [0.1, 0.15) is 22.8 Å². The number of rotatable bonds is 6. The molecule has 0 radical (unpaired) electrons. The van der Waals surface area contributed by atoms with Gasteiger partial charge in [-0.3, -0.25) is 24.2 Å². The molecule has 14 heteroatoms. The Morgan fingerprint density at radius 2 is 1.73 bits per heavy atom. The molecule has 1 aromatic carbocycles. The molecule has 0 aliphatic heterocycles. The summed E-state index contributed by atoms with van der Waals surface area (Å²) in [6.45, 7) is 4.79. The number of phenols is 1. The van der Waals surface area contributed by atoms with E-state index in [1.165, 1.54) is 23.9 Å². The first-order valence-electron chi connectivity index (χ1n) is 14.0. The Morgan fingerprint density at radius 1 is 1.14 bits per heavy atom. The molecular formula is C30H38F3N3O8. The molecule has 44 heavy (non-hydrogen) atoms. The summed E-state index contributed by atoms with van der Waals surface area (Å²) in [4.78, 5) is 42.1. The number of nitrogens with two attached hydrogens (primary N) is 1. The summed E-state index contributed by atoms with van der Waals surface area (Å²) < 4.78 is 44.4. The summed E-state index contributed by atoms with van der Waals surface area (Å²) in [7, 11) is 4.39. The molecule has 5 atom stereocenters. The number of ketones is 2. The van der Waals surface area contributed by atoms with E-state index in [0.717, 1.165) is 6.07 Å². The molecule has 3 aliphatic carbocycles. The Labute approximate surface area is 252 Å². The monoisotopic (exact) mass is 625 g/mol. The van der Waals surface area contributed by atoms with Crippen LogP contribution in [0.1, 0.15) is 49.4 Å². The molecular weight excluding hydrogens is 587 g/mol. The maximum absolute atomic E-state index is 14.8. The first-order valence-corrected chi connectivity index (χ1v) is 14.0. The molecule has 0 bridgehead atoms. The quantitative estimate of drug-likeness (QED) is 0.255. The molecule has 1 fully saturated rings. The van der Waals surface area contributed by atoms with Crippen molar-refractivity contribution in [1.29, 1.82) is 0 Å². The maximum Gasteiger partial charge on any atom is 0.417 e. The van der Waals surface area contributed by atoms with Crippen molar-refractivity contribution in [3.8, 4) is 5.75 Å². The fourth-order valence-electron chi connectivity index (χ4n) is 7.31. The largest absolute Gasteiger partial charge is 0.508 e. The van der Waals surface area contributed by atoms with E-state index < -0.39 is 110 Å². The van der Waals surface area contributed by atoms with Gasteiger partial charge in [-0.15, -0.1) is 0 Å². The number of carbonyl (C=O) groups excluding carboxylic acids is 3. The van der Waals surface area contributed by atoms with Crippen molar-refractivity contribution in [2.75, 3.05) is 27.7 Å². The van der Waals surface area contributed by atoms with Crippen molar-refractivity contribution in [2.45, 2.75) is 64.0 Å². The summed E-state index contributed by atoms with van der Waals surface area (Å²) in [6.07, 6.45) is -5.81. The number of likely N-dealkylation sites (N-methyl/N-ethyl adjacent to an activating group) is 2. The number of hydrogen-bond donors (Lipinski definition) is 6. The predicted molar refractivity (Wildman–Crippen MR) is 151 cm³/mol. The molecule has 0 aromatic heterocycles. The maximum atomic E-state index is 14.8. The second kappa shape index (κ2) is 10.9. The summed E-state index contributed by atoms with van der Waals surface area (Å²) in [5.41, 5.74) is -2.20. The first-order chi connectivity index (χ1) is 20.1. The SMILES string of the molecule is CN(C)[C@@H]1C(=O)C(C(N)=O)=C(O)[C@@]2(O)C(=O)C3=C(O)c4c(O)cc(CN(C)[C@H](CO)C(C)(C)C)c(C(F)(F)F)c4C[C@H]3C[C@@H]12. The van der Waals surface area contributed by atoms with Crippen LogP contribution in [0.4, 0.5) is 13.2 Å². The number of benzene rings is 1. The number of aliphatic hydroxyl groups is 4. The number of amides is 1. The molecule has 1 amide bonds. The van der Waals surface area contributed by atoms with E-state index in [-0.39, 0.29) is 25.1 Å². The van der Waals surface area contributed by atoms with Crippen LogP contribution in [0.15, 0.2) is 23.0 Å². The lowest BCUT2D eigenvalue weighted by molar-refractivity contribution is -0.153. The van der Waals surface area contributed by atoms with Gasteiger partial charge in [0.15, 0.2) is 11.4 Å². The van der Waals surface area contributed by atoms with Crippen molar-refractivity contribution in [3.63, 3.8) is 0 Å². The van der Waals surface area contributed by atoms with Crippen molar-refractivity contribution in [1.82, 2.24) is 9.80 Å². The van der Waals surface area contributed by atoms with E-state index in [2.05, 4.69) is 0 Å². The van der Waals surface area contributed by atoms with Gasteiger partial charge in [-0.25, -0.2) is 0 Å². The topological polar surface area (TPSA) is 185 Å². The Balaban J connectivity index is 1.95. The zero-order valence-corrected chi connectivity index (χ0v) is 25.3. The van der Waals surface area contributed by atoms with Crippen LogP contribution in [0.25, 0.3) is 5.76 Å². The van der Waals surface area contributed by atoms with E-state index in [9.17, 15) is 53.1 Å². The van der Waals surface area contributed by atoms with Gasteiger partial charge in [0.25, 0.3) is 5.91 Å². The van der Waals surface area contributed by atoms with Crippen molar-refractivity contribution in [2.24, 2.45) is 23.0 Å². The van der Waals surface area contributed by atoms with Gasteiger partial charge in [-0.2, -0.15) is 13.2 Å². The highest BCUT2D eigenvalue weighted by atomic mass is 19.4. The highest BCUT2D eigenvalue weighted by Gasteiger charge is 2.64. The zero-order chi connectivity index (χ0) is 33.4. The molecule has 0 saturated heterocycles. The lowest BCUT2D eigenvalue weighted by Crippen LogP contribution is -2.65. The standard InChI is InChI=1S/C30H38F3N3O8/c1-28(2,3)17(11-37)36(6)10-13-9-16(38)19-14(21(13)30(31,32)33)7-12-8-15-22(35(4)5)24(40)20(27(34)43)26(42)29(15,44)25(41)18(12)23(19)39/h9,12,15,17,22,37-39,42,44H,7-8,10-11H2,1-6H3,(H2,34,43)/t12-,15-,17+,22-,29-/m0/s1. The minimum atomic E-state index is -4.97. The highest BCUT2D eigenvalue weighted by Crippen LogP contribution is 2.54. The van der Waals surface area contributed by atoms with E-state index >= 15 is 0 Å². The molecule has 11 nitrogen and oxygen atoms in total. The van der Waals surface area contributed by atoms with Gasteiger partial charge in [-0.1, -0.05) is 20.8 Å². The molecule has 0 unspecified atom stereocenters. The lowest BCUT2D eigenvalue weighted by atomic mass is 9.57. The average molecular weight is 626 g/mol. The van der Waals surface area contributed by atoms with Gasteiger partial charge in [0.05, 0.1) is 23.8 Å². The van der Waals surface area contributed by atoms with Crippen LogP contribution >= 0.6 is 0 Å². The van der Waals surface area contributed by atoms with Crippen molar-refractivity contribution >= 4 is 23.2 Å². The second-order valence-electron chi connectivity index (χ2n) is 13.2. The Kier molecular flexibility index (Phi) is 8.25. The number of Topliss-reactive ketones (excluding diaryl/α,β-unsaturated/α-hetero) is 2. The number of primary amides is 1. The normalized spacial score (nSPS) is 26.6. The number of hydrogen-bond acceptors (Lipinski definition) is 10. The number of nitrogens with zero attached hydrogens (tertiary/aromatic N) is 2. The fourth-order valence-corrected chi connectivity index (χ4v) is 7.31. The molecule has 3 aliphatic rings. The third-order valence-electron chi connectivity index (χ3n) is 9.21. The number of halogens is 3. The third-order valence-corrected chi connectivity index (χ3v) is 9.21. The molecule has 1 saturated carbocycles. The van der Waals surface area contributed by atoms with Crippen LogP contribution < -0.4 is 5.73 Å². The van der Waals surface area contributed by atoms with Gasteiger partial charge >= 0.3 is 6.18 Å². The van der Waals surface area contributed by atoms with E-state index in [1.807, 2.05) is 20.8 Å². The van der Waals surface area contributed by atoms with E-state index in [0.29, 0.717) is 0 Å². The van der Waals surface area contributed by atoms with Gasteiger partial charge < -0.3 is 31.3 Å². The van der Waals surface area contributed by atoms with Crippen LogP contribution in [0, 0.1) is 17.3 Å². The highest BCUT2D eigenvalue weighted by molar-refractivity contribution is 6.24. The number of carbonyl (C=O) groups is 3. The molecule has 242 valence electrons. The van der Waals surface area contributed by atoms with Crippen LogP contribution in [0.2, 0.25) is 0 Å². The smallest absolute Gasteiger partial charge is 0.417 e. The fraction of sp³-hybridized carbons (Fsp3) is 0.567. The molecule has 0 heterocycles. The minimum Gasteiger partial charge on any atom is -0.508 e. The van der Waals surface area contributed by atoms with Crippen LogP contribution in [-0.4, -0.2) is 98.2 Å². The van der Waals surface area contributed by atoms with E-state index in [1.54, 1.807) is 7.05 Å². The summed E-state index contributed by atoms with van der Waals surface area (Å²) >= 11 is 0. The van der Waals surface area contributed by atoms with Gasteiger partial charge in [-0.05, 0) is 62.5 Å². The lowest BCUT2D eigenvalue weighted by Gasteiger charge is -2.50. The predicted octanol–water partition coefficient (Wildman–Crippen LogP) is 1.82. The summed E-state index contributed by atoms with van der Waals surface area (Å²) in [5, 5.41) is 54.8. The van der Waals surface area contributed by atoms with Crippen LogP contribution in [0.5, 0.6) is 5.75 Å². The zero-order valence-electron chi connectivity index (χ0n) is 25.3. The Bertz CT molecular complexity index is 1490. The van der Waals surface area contributed by atoms with Crippen LogP contribution in [0.3, 0.4) is 0 Å².